The number of carbonyl (C=O) groups excluding carboxylic acids is 1. The molecule has 1 aromatic heterocycles. The van der Waals surface area contributed by atoms with Gasteiger partial charge >= 0.3 is 24.3 Å². The summed E-state index contributed by atoms with van der Waals surface area (Å²) in [6, 6.07) is 6.27. The Morgan fingerprint density at radius 3 is 1.93 bits per heavy atom. The minimum atomic E-state index is -5.08. The van der Waals surface area contributed by atoms with Gasteiger partial charge in [0.1, 0.15) is 5.82 Å². The summed E-state index contributed by atoms with van der Waals surface area (Å²) in [5.41, 5.74) is 13.2. The molecular weight excluding hydrogens is 604 g/mol. The van der Waals surface area contributed by atoms with E-state index in [2.05, 4.69) is 31.7 Å². The van der Waals surface area contributed by atoms with E-state index >= 15 is 0 Å². The number of nitrogens with zero attached hydrogens (tertiary/aromatic N) is 3. The van der Waals surface area contributed by atoms with Gasteiger partial charge in [-0.1, -0.05) is 37.3 Å². The van der Waals surface area contributed by atoms with Gasteiger partial charge < -0.3 is 32.3 Å². The van der Waals surface area contributed by atoms with Gasteiger partial charge in [0.15, 0.2) is 5.96 Å². The maximum absolute atomic E-state index is 12.8. The van der Waals surface area contributed by atoms with E-state index < -0.39 is 24.3 Å². The van der Waals surface area contributed by atoms with Crippen LogP contribution in [0, 0.1) is 6.92 Å². The number of carbonyl (C=O) groups is 3. The largest absolute Gasteiger partial charge is 0.490 e. The molecule has 12 nitrogen and oxygen atoms in total. The molecule has 2 aromatic rings. The third-order valence-corrected chi connectivity index (χ3v) is 6.60. The van der Waals surface area contributed by atoms with Crippen molar-refractivity contribution in [1.29, 1.82) is 0 Å². The Bertz CT molecular complexity index is 1320. The molecule has 8 N–H and O–H groups in total. The molecule has 4 rings (SSSR count). The third kappa shape index (κ3) is 11.4. The average Bonchev–Trinajstić information content (AvgIpc) is 3.42. The summed E-state index contributed by atoms with van der Waals surface area (Å²) in [4.78, 5) is 44.3. The first kappa shape index (κ1) is 35.8. The van der Waals surface area contributed by atoms with Crippen LogP contribution in [0.4, 0.5) is 32.2 Å². The molecule has 1 aromatic carbocycles. The molecule has 0 radical (unpaired) electrons. The Hall–Kier alpha value is -4.38. The van der Waals surface area contributed by atoms with Crippen molar-refractivity contribution in [3.05, 3.63) is 29.6 Å². The number of fused-ring (bicyclic) bond motifs is 1. The van der Waals surface area contributed by atoms with Crippen molar-refractivity contribution in [2.75, 3.05) is 5.32 Å². The predicted molar refractivity (Wildman–Crippen MR) is 147 cm³/mol. The predicted octanol–water partition coefficient (Wildman–Crippen LogP) is 3.87. The normalized spacial score (nSPS) is 18.6. The fourth-order valence-electron chi connectivity index (χ4n) is 4.58. The molecule has 1 heterocycles. The van der Waals surface area contributed by atoms with Crippen LogP contribution in [-0.4, -0.2) is 74.5 Å². The summed E-state index contributed by atoms with van der Waals surface area (Å²) >= 11 is 0. The zero-order valence-electron chi connectivity index (χ0n) is 23.5. The topological polar surface area (TPSA) is 206 Å². The van der Waals surface area contributed by atoms with E-state index in [0.29, 0.717) is 5.82 Å². The number of aromatic nitrogens is 2. The van der Waals surface area contributed by atoms with E-state index in [1.165, 1.54) is 0 Å². The van der Waals surface area contributed by atoms with Gasteiger partial charge in [-0.2, -0.15) is 26.3 Å². The third-order valence-electron chi connectivity index (χ3n) is 6.60. The van der Waals surface area contributed by atoms with Crippen molar-refractivity contribution < 1.29 is 50.9 Å². The van der Waals surface area contributed by atoms with Crippen LogP contribution in [0.15, 0.2) is 23.2 Å². The summed E-state index contributed by atoms with van der Waals surface area (Å²) in [5, 5.41) is 21.8. The van der Waals surface area contributed by atoms with Crippen LogP contribution in [0.25, 0.3) is 10.9 Å². The fraction of sp³-hybridized carbons (Fsp3) is 0.538. The molecule has 2 saturated carbocycles. The van der Waals surface area contributed by atoms with Crippen LogP contribution in [0.5, 0.6) is 0 Å². The van der Waals surface area contributed by atoms with E-state index in [9.17, 15) is 31.1 Å². The number of rotatable bonds is 5. The second-order valence-corrected chi connectivity index (χ2v) is 10.1. The summed E-state index contributed by atoms with van der Waals surface area (Å²) in [7, 11) is 0. The number of guanidine groups is 1. The van der Waals surface area contributed by atoms with Crippen molar-refractivity contribution in [2.45, 2.75) is 88.8 Å². The van der Waals surface area contributed by atoms with Crippen LogP contribution in [0.3, 0.4) is 0 Å². The Morgan fingerprint density at radius 1 is 0.886 bits per heavy atom. The zero-order chi connectivity index (χ0) is 33.2. The number of halogens is 6. The highest BCUT2D eigenvalue weighted by atomic mass is 19.4. The van der Waals surface area contributed by atoms with Crippen LogP contribution in [0.2, 0.25) is 0 Å². The van der Waals surface area contributed by atoms with E-state index in [1.807, 2.05) is 19.1 Å². The number of benzene rings is 1. The first-order valence-corrected chi connectivity index (χ1v) is 13.4. The van der Waals surface area contributed by atoms with Gasteiger partial charge in [0.05, 0.1) is 17.6 Å². The molecule has 2 unspecified atom stereocenters. The van der Waals surface area contributed by atoms with E-state index in [4.69, 9.17) is 31.3 Å². The SMILES string of the molecule is Cc1ccc2nc(C(=O)NC3CCCC3)nc(NC3CCCCC3N=C(N)N)c2c1.O=C(O)C(F)(F)F.O=C(O)C(F)(F)F. The van der Waals surface area contributed by atoms with Crippen molar-refractivity contribution in [1.82, 2.24) is 15.3 Å². The summed E-state index contributed by atoms with van der Waals surface area (Å²) in [5.74, 6) is -4.75. The Kier molecular flexibility index (Phi) is 12.5. The number of amides is 1. The number of carboxylic acids is 2. The molecule has 44 heavy (non-hydrogen) atoms. The number of aliphatic carboxylic acids is 2. The Morgan fingerprint density at radius 2 is 1.41 bits per heavy atom. The maximum atomic E-state index is 12.8. The molecule has 18 heteroatoms. The summed E-state index contributed by atoms with van der Waals surface area (Å²) < 4.78 is 63.5. The monoisotopic (exact) mass is 637 g/mol. The minimum absolute atomic E-state index is 0.00524. The lowest BCUT2D eigenvalue weighted by Gasteiger charge is -2.30. The molecule has 0 spiro atoms. The number of carboxylic acid groups (broad SMARTS) is 2. The van der Waals surface area contributed by atoms with Gasteiger partial charge in [0, 0.05) is 11.4 Å². The molecule has 2 aliphatic carbocycles. The van der Waals surface area contributed by atoms with Gasteiger partial charge in [-0.05, 0) is 44.7 Å². The highest BCUT2D eigenvalue weighted by Gasteiger charge is 2.39. The van der Waals surface area contributed by atoms with E-state index in [0.717, 1.165) is 67.8 Å². The molecule has 1 amide bonds. The first-order chi connectivity index (χ1) is 20.4. The second-order valence-electron chi connectivity index (χ2n) is 10.1. The number of hydrogen-bond donors (Lipinski definition) is 6. The van der Waals surface area contributed by atoms with Gasteiger partial charge in [0.2, 0.25) is 5.82 Å². The lowest BCUT2D eigenvalue weighted by atomic mass is 9.90. The van der Waals surface area contributed by atoms with Crippen molar-refractivity contribution in [3.8, 4) is 0 Å². The number of nitrogens with one attached hydrogen (secondary N) is 2. The molecule has 0 bridgehead atoms. The van der Waals surface area contributed by atoms with Crippen molar-refractivity contribution >= 4 is 40.5 Å². The van der Waals surface area contributed by atoms with Gasteiger partial charge in [-0.25, -0.2) is 24.5 Å². The number of alkyl halides is 6. The number of nitrogens with two attached hydrogens (primary N) is 2. The lowest BCUT2D eigenvalue weighted by Crippen LogP contribution is -2.39. The van der Waals surface area contributed by atoms with Crippen LogP contribution in [-0.2, 0) is 9.59 Å². The van der Waals surface area contributed by atoms with E-state index in [1.54, 1.807) is 0 Å². The maximum Gasteiger partial charge on any atom is 0.490 e. The smallest absolute Gasteiger partial charge is 0.475 e. The number of aryl methyl sites for hydroxylation is 1. The lowest BCUT2D eigenvalue weighted by molar-refractivity contribution is -0.193. The van der Waals surface area contributed by atoms with Gasteiger partial charge in [0.25, 0.3) is 5.91 Å². The van der Waals surface area contributed by atoms with Crippen molar-refractivity contribution in [2.24, 2.45) is 16.5 Å². The minimum Gasteiger partial charge on any atom is -0.475 e. The molecule has 2 fully saturated rings. The van der Waals surface area contributed by atoms with E-state index in [-0.39, 0.29) is 35.8 Å². The summed E-state index contributed by atoms with van der Waals surface area (Å²) in [6.45, 7) is 2.03. The molecule has 244 valence electrons. The Balaban J connectivity index is 0.000000402. The molecule has 2 aliphatic rings. The average molecular weight is 638 g/mol. The quantitative estimate of drug-likeness (QED) is 0.159. The van der Waals surface area contributed by atoms with Crippen molar-refractivity contribution in [3.63, 3.8) is 0 Å². The van der Waals surface area contributed by atoms with Crippen LogP contribution < -0.4 is 22.1 Å². The van der Waals surface area contributed by atoms with Gasteiger partial charge in [-0.15, -0.1) is 0 Å². The fourth-order valence-corrected chi connectivity index (χ4v) is 4.58. The van der Waals surface area contributed by atoms with Crippen LogP contribution >= 0.6 is 0 Å². The highest BCUT2D eigenvalue weighted by Crippen LogP contribution is 2.28. The highest BCUT2D eigenvalue weighted by molar-refractivity contribution is 5.96. The number of anilines is 1. The Labute approximate surface area is 247 Å². The second kappa shape index (κ2) is 15.4. The standard InChI is InChI=1S/C22H31N7O.2C2HF3O2/c1-13-10-11-16-15(12-13)19(27-17-8-4-5-9-18(17)28-22(23)24)29-20(26-16)21(30)25-14-6-2-3-7-14;2*3-2(4,5)1(6)7/h10-12,14,17-18H,2-9H2,1H3,(H,25,30)(H4,23,24,28)(H,26,27,29);2*(H,6,7). The summed E-state index contributed by atoms with van der Waals surface area (Å²) in [6.07, 6.45) is -1.75. The molecule has 2 atom stereocenters. The molecular formula is C26H33F6N7O5. The zero-order valence-corrected chi connectivity index (χ0v) is 23.5. The van der Waals surface area contributed by atoms with Crippen LogP contribution in [0.1, 0.15) is 67.5 Å². The number of aliphatic imine (C=N–C) groups is 1. The number of hydrogen-bond acceptors (Lipinski definition) is 7. The van der Waals surface area contributed by atoms with Gasteiger partial charge in [-0.3, -0.25) is 4.79 Å². The molecule has 0 aliphatic heterocycles. The first-order valence-electron chi connectivity index (χ1n) is 13.4. The molecule has 0 saturated heterocycles.